The van der Waals surface area contributed by atoms with Crippen molar-refractivity contribution < 1.29 is 27.9 Å². The van der Waals surface area contributed by atoms with E-state index in [2.05, 4.69) is 0 Å². The van der Waals surface area contributed by atoms with E-state index in [4.69, 9.17) is 25.9 Å². The molecule has 0 fully saturated rings. The van der Waals surface area contributed by atoms with E-state index in [9.17, 15) is 18.4 Å². The van der Waals surface area contributed by atoms with Gasteiger partial charge in [0.25, 0.3) is 11.5 Å². The van der Waals surface area contributed by atoms with Gasteiger partial charge in [0, 0.05) is 17.4 Å². The first-order valence-electron chi connectivity index (χ1n) is 9.94. The average molecular weight is 510 g/mol. The fourth-order valence-electron chi connectivity index (χ4n) is 3.89. The first-order chi connectivity index (χ1) is 16.1. The molecular weight excluding hydrogens is 491 g/mol. The Hall–Kier alpha value is -2.88. The average Bonchev–Trinajstić information content (AvgIpc) is 2.76. The van der Waals surface area contributed by atoms with E-state index in [-0.39, 0.29) is 17.3 Å². The molecule has 1 aromatic heterocycles. The van der Waals surface area contributed by atoms with E-state index < -0.39 is 38.4 Å². The zero-order valence-electron chi connectivity index (χ0n) is 18.0. The number of carbonyl (C=O) groups excluding carboxylic acids is 1. The standard InChI is InChI=1S/C22H19ClF2N3O5P/c1-12-7-14(24)3-4-18(12)26-10-27(22(30)15-8-17(25)16(23)9-20(15)26)19-5-6-21(29)28(13(19)2)11-33-34(31)32/h3-9,31-32H,10-11H2,1-2H3. The zero-order valence-corrected chi connectivity index (χ0v) is 19.6. The van der Waals surface area contributed by atoms with Gasteiger partial charge in [0.1, 0.15) is 25.0 Å². The topological polar surface area (TPSA) is 95.2 Å². The molecule has 2 aromatic carbocycles. The first-order valence-corrected chi connectivity index (χ1v) is 11.5. The summed E-state index contributed by atoms with van der Waals surface area (Å²) in [6.07, 6.45) is 0. The van der Waals surface area contributed by atoms with Crippen LogP contribution in [0, 0.1) is 25.5 Å². The van der Waals surface area contributed by atoms with E-state index in [0.717, 1.165) is 10.6 Å². The maximum Gasteiger partial charge on any atom is 0.328 e. The summed E-state index contributed by atoms with van der Waals surface area (Å²) in [6.45, 7) is 2.78. The number of carbonyl (C=O) groups is 1. The maximum absolute atomic E-state index is 14.4. The molecule has 1 amide bonds. The normalized spacial score (nSPS) is 13.6. The second-order valence-electron chi connectivity index (χ2n) is 7.60. The van der Waals surface area contributed by atoms with Gasteiger partial charge in [0.05, 0.1) is 22.0 Å². The highest BCUT2D eigenvalue weighted by atomic mass is 35.5. The Kier molecular flexibility index (Phi) is 6.71. The molecule has 0 saturated carbocycles. The third-order valence-electron chi connectivity index (χ3n) is 5.56. The lowest BCUT2D eigenvalue weighted by atomic mass is 10.0. The monoisotopic (exact) mass is 509 g/mol. The van der Waals surface area contributed by atoms with Gasteiger partial charge >= 0.3 is 8.60 Å². The van der Waals surface area contributed by atoms with Crippen LogP contribution in [0.1, 0.15) is 21.6 Å². The predicted octanol–water partition coefficient (Wildman–Crippen LogP) is 4.34. The van der Waals surface area contributed by atoms with Gasteiger partial charge < -0.3 is 14.7 Å². The van der Waals surface area contributed by atoms with Crippen molar-refractivity contribution in [3.8, 4) is 0 Å². The van der Waals surface area contributed by atoms with Crippen molar-refractivity contribution in [2.75, 3.05) is 16.5 Å². The van der Waals surface area contributed by atoms with Crippen molar-refractivity contribution in [2.45, 2.75) is 20.6 Å². The quantitative estimate of drug-likeness (QED) is 0.497. The second-order valence-corrected chi connectivity index (χ2v) is 8.77. The van der Waals surface area contributed by atoms with Gasteiger partial charge in [0.2, 0.25) is 0 Å². The molecule has 0 atom stereocenters. The lowest BCUT2D eigenvalue weighted by Crippen LogP contribution is -2.46. The van der Waals surface area contributed by atoms with Crippen LogP contribution in [0.25, 0.3) is 0 Å². The molecule has 0 unspecified atom stereocenters. The van der Waals surface area contributed by atoms with Crippen molar-refractivity contribution in [1.29, 1.82) is 0 Å². The molecule has 1 aliphatic rings. The van der Waals surface area contributed by atoms with Crippen molar-refractivity contribution in [3.05, 3.63) is 86.3 Å². The van der Waals surface area contributed by atoms with Gasteiger partial charge in [0.15, 0.2) is 0 Å². The van der Waals surface area contributed by atoms with Crippen LogP contribution in [-0.2, 0) is 11.3 Å². The van der Waals surface area contributed by atoms with Gasteiger partial charge in [-0.15, -0.1) is 0 Å². The molecular formula is C22H19ClF2N3O5P. The Labute approximate surface area is 199 Å². The van der Waals surface area contributed by atoms with Crippen LogP contribution < -0.4 is 15.4 Å². The van der Waals surface area contributed by atoms with Gasteiger partial charge in [-0.1, -0.05) is 11.6 Å². The number of fused-ring (bicyclic) bond motifs is 1. The minimum Gasteiger partial charge on any atom is -0.328 e. The largest absolute Gasteiger partial charge is 0.328 e. The smallest absolute Gasteiger partial charge is 0.328 e. The Balaban J connectivity index is 1.87. The summed E-state index contributed by atoms with van der Waals surface area (Å²) >= 11 is 6.01. The summed E-state index contributed by atoms with van der Waals surface area (Å²) in [5.41, 5.74) is 1.68. The molecule has 12 heteroatoms. The highest BCUT2D eigenvalue weighted by Crippen LogP contribution is 2.40. The van der Waals surface area contributed by atoms with Crippen LogP contribution in [0.3, 0.4) is 0 Å². The fourth-order valence-corrected chi connectivity index (χ4v) is 4.27. The van der Waals surface area contributed by atoms with E-state index in [0.29, 0.717) is 28.3 Å². The van der Waals surface area contributed by atoms with Crippen LogP contribution >= 0.6 is 20.2 Å². The van der Waals surface area contributed by atoms with Gasteiger partial charge in [-0.05, 0) is 55.8 Å². The molecule has 1 aliphatic heterocycles. The number of aryl methyl sites for hydroxylation is 1. The highest BCUT2D eigenvalue weighted by Gasteiger charge is 2.34. The molecule has 8 nitrogen and oxygen atoms in total. The third kappa shape index (κ3) is 4.43. The number of nitrogens with zero attached hydrogens (tertiary/aromatic N) is 3. The number of hydrogen-bond donors (Lipinski definition) is 2. The van der Waals surface area contributed by atoms with Crippen molar-refractivity contribution in [2.24, 2.45) is 0 Å². The SMILES string of the molecule is Cc1cc(F)ccc1N1CN(c2ccc(=O)n(COP(O)O)c2C)C(=O)c2cc(F)c(Cl)cc21. The van der Waals surface area contributed by atoms with Crippen LogP contribution in [0.4, 0.5) is 25.8 Å². The minimum atomic E-state index is -2.70. The Morgan fingerprint density at radius 1 is 1.00 bits per heavy atom. The minimum absolute atomic E-state index is 0.0273. The predicted molar refractivity (Wildman–Crippen MR) is 124 cm³/mol. The summed E-state index contributed by atoms with van der Waals surface area (Å²) in [7, 11) is -2.70. The first kappa shape index (κ1) is 24.3. The molecule has 4 rings (SSSR count). The van der Waals surface area contributed by atoms with Gasteiger partial charge in [-0.2, -0.15) is 0 Å². The van der Waals surface area contributed by atoms with Gasteiger partial charge in [-0.25, -0.2) is 8.78 Å². The molecule has 0 spiro atoms. The molecule has 3 aromatic rings. The lowest BCUT2D eigenvalue weighted by molar-refractivity contribution is 0.0982. The molecule has 178 valence electrons. The Morgan fingerprint density at radius 2 is 1.71 bits per heavy atom. The number of aromatic nitrogens is 1. The number of benzene rings is 2. The molecule has 2 N–H and O–H groups in total. The van der Waals surface area contributed by atoms with Crippen LogP contribution in [-0.4, -0.2) is 26.9 Å². The number of amides is 1. The van der Waals surface area contributed by atoms with E-state index in [1.54, 1.807) is 24.8 Å². The van der Waals surface area contributed by atoms with Crippen molar-refractivity contribution in [3.63, 3.8) is 0 Å². The molecule has 0 saturated heterocycles. The zero-order chi connectivity index (χ0) is 24.7. The molecule has 0 bridgehead atoms. The van der Waals surface area contributed by atoms with Crippen molar-refractivity contribution in [1.82, 2.24) is 4.57 Å². The van der Waals surface area contributed by atoms with Crippen LogP contribution in [0.2, 0.25) is 5.02 Å². The summed E-state index contributed by atoms with van der Waals surface area (Å²) in [6, 6.07) is 9.20. The molecule has 0 radical (unpaired) electrons. The number of hydrogen-bond acceptors (Lipinski definition) is 6. The van der Waals surface area contributed by atoms with E-state index in [1.807, 2.05) is 0 Å². The van der Waals surface area contributed by atoms with Crippen LogP contribution in [0.15, 0.2) is 47.3 Å². The Morgan fingerprint density at radius 3 is 2.38 bits per heavy atom. The summed E-state index contributed by atoms with van der Waals surface area (Å²) in [4.78, 5) is 46.9. The second kappa shape index (κ2) is 9.40. The fraction of sp³-hybridized carbons (Fsp3) is 0.182. The number of rotatable bonds is 5. The third-order valence-corrected chi connectivity index (χ3v) is 6.19. The molecule has 34 heavy (non-hydrogen) atoms. The van der Waals surface area contributed by atoms with E-state index in [1.165, 1.54) is 35.2 Å². The lowest BCUT2D eigenvalue weighted by Gasteiger charge is -2.39. The number of pyridine rings is 1. The summed E-state index contributed by atoms with van der Waals surface area (Å²) < 4.78 is 34.1. The van der Waals surface area contributed by atoms with Crippen molar-refractivity contribution >= 4 is 43.2 Å². The van der Waals surface area contributed by atoms with Gasteiger partial charge in [-0.3, -0.25) is 23.6 Å². The molecule has 0 aliphatic carbocycles. The Bertz CT molecular complexity index is 1350. The summed E-state index contributed by atoms with van der Waals surface area (Å²) in [5, 5.41) is -0.170. The van der Waals surface area contributed by atoms with E-state index >= 15 is 0 Å². The highest BCUT2D eigenvalue weighted by molar-refractivity contribution is 7.39. The number of halogens is 3. The molecule has 2 heterocycles. The van der Waals surface area contributed by atoms with Crippen LogP contribution in [0.5, 0.6) is 0 Å². The number of anilines is 3. The summed E-state index contributed by atoms with van der Waals surface area (Å²) in [5.74, 6) is -1.75. The maximum atomic E-state index is 14.4.